The number of benzene rings is 1. The number of nitrogens with zero attached hydrogens (tertiary/aromatic N) is 1. The molecule has 1 aliphatic carbocycles. The van der Waals surface area contributed by atoms with Gasteiger partial charge in [0.05, 0.1) is 18.1 Å². The summed E-state index contributed by atoms with van der Waals surface area (Å²) in [5.74, 6) is -0.445. The second kappa shape index (κ2) is 4.50. The lowest BCUT2D eigenvalue weighted by Gasteiger charge is -2.43. The van der Waals surface area contributed by atoms with Crippen LogP contribution in [0.5, 0.6) is 0 Å². The van der Waals surface area contributed by atoms with Crippen LogP contribution in [0.2, 0.25) is 0 Å². The molecule has 0 atom stereocenters. The molecule has 1 aromatic heterocycles. The van der Waals surface area contributed by atoms with Crippen LogP contribution in [-0.2, 0) is 5.54 Å². The molecule has 2 aromatic rings. The molecular formula is C14H14FN3O. The third-order valence-electron chi connectivity index (χ3n) is 3.70. The highest BCUT2D eigenvalue weighted by atomic mass is 19.1. The number of aromatic amines is 1. The number of carbonyl (C=O) groups excluding carboxylic acids is 1. The maximum atomic E-state index is 13.0. The van der Waals surface area contributed by atoms with Gasteiger partial charge in [-0.05, 0) is 37.0 Å². The van der Waals surface area contributed by atoms with Crippen molar-refractivity contribution in [2.45, 2.75) is 24.8 Å². The standard InChI is InChI=1S/C14H14FN3O/c15-11-4-2-10(3-5-11)14(6-1-7-14)18-13(19)12-8-16-9-17-12/h2-5,8-9H,1,6-7H2,(H,16,17)(H,18,19). The van der Waals surface area contributed by atoms with E-state index in [9.17, 15) is 9.18 Å². The van der Waals surface area contributed by atoms with Crippen LogP contribution in [-0.4, -0.2) is 15.9 Å². The van der Waals surface area contributed by atoms with E-state index >= 15 is 0 Å². The number of hydrogen-bond donors (Lipinski definition) is 2. The van der Waals surface area contributed by atoms with Gasteiger partial charge >= 0.3 is 0 Å². The molecule has 1 aliphatic rings. The third-order valence-corrected chi connectivity index (χ3v) is 3.70. The number of halogens is 1. The SMILES string of the molecule is O=C(NC1(c2ccc(F)cc2)CCC1)c1cnc[nH]1. The first-order chi connectivity index (χ1) is 9.20. The summed E-state index contributed by atoms with van der Waals surface area (Å²) in [5.41, 5.74) is 1.03. The zero-order chi connectivity index (χ0) is 13.3. The molecule has 3 rings (SSSR count). The van der Waals surface area contributed by atoms with Crippen molar-refractivity contribution >= 4 is 5.91 Å². The fourth-order valence-electron chi connectivity index (χ4n) is 2.45. The molecule has 5 heteroatoms. The van der Waals surface area contributed by atoms with Crippen LogP contribution in [0.3, 0.4) is 0 Å². The first-order valence-corrected chi connectivity index (χ1v) is 6.27. The van der Waals surface area contributed by atoms with E-state index in [1.807, 2.05) is 0 Å². The molecule has 2 N–H and O–H groups in total. The highest BCUT2D eigenvalue weighted by Gasteiger charge is 2.40. The van der Waals surface area contributed by atoms with Crippen molar-refractivity contribution in [2.24, 2.45) is 0 Å². The minimum atomic E-state index is -0.365. The molecule has 0 radical (unpaired) electrons. The van der Waals surface area contributed by atoms with Crippen LogP contribution < -0.4 is 5.32 Å². The van der Waals surface area contributed by atoms with Crippen LogP contribution >= 0.6 is 0 Å². The Morgan fingerprint density at radius 2 is 2.05 bits per heavy atom. The number of aromatic nitrogens is 2. The Kier molecular flexibility index (Phi) is 2.81. The van der Waals surface area contributed by atoms with E-state index < -0.39 is 0 Å². The largest absolute Gasteiger partial charge is 0.341 e. The van der Waals surface area contributed by atoms with E-state index in [1.54, 1.807) is 12.1 Å². The Bertz CT molecular complexity index is 573. The van der Waals surface area contributed by atoms with Gasteiger partial charge in [-0.2, -0.15) is 0 Å². The van der Waals surface area contributed by atoms with Crippen molar-refractivity contribution in [1.82, 2.24) is 15.3 Å². The molecule has 0 bridgehead atoms. The van der Waals surface area contributed by atoms with Gasteiger partial charge in [0.1, 0.15) is 11.5 Å². The lowest BCUT2D eigenvalue weighted by molar-refractivity contribution is 0.0818. The predicted molar refractivity (Wildman–Crippen MR) is 68.0 cm³/mol. The minimum Gasteiger partial charge on any atom is -0.341 e. The van der Waals surface area contributed by atoms with Crippen molar-refractivity contribution in [3.63, 3.8) is 0 Å². The van der Waals surface area contributed by atoms with Gasteiger partial charge in [-0.1, -0.05) is 12.1 Å². The molecule has 98 valence electrons. The molecule has 1 saturated carbocycles. The molecule has 1 fully saturated rings. The van der Waals surface area contributed by atoms with Crippen molar-refractivity contribution in [2.75, 3.05) is 0 Å². The first kappa shape index (κ1) is 11.9. The second-order valence-corrected chi connectivity index (χ2v) is 4.86. The number of carbonyl (C=O) groups is 1. The Balaban J connectivity index is 1.83. The lowest BCUT2D eigenvalue weighted by atomic mass is 9.71. The monoisotopic (exact) mass is 259 g/mol. The average molecular weight is 259 g/mol. The molecule has 0 saturated heterocycles. The van der Waals surface area contributed by atoms with E-state index in [0.29, 0.717) is 5.69 Å². The highest BCUT2D eigenvalue weighted by Crippen LogP contribution is 2.41. The summed E-state index contributed by atoms with van der Waals surface area (Å²) >= 11 is 0. The van der Waals surface area contributed by atoms with Crippen LogP contribution in [0, 0.1) is 5.82 Å². The molecule has 0 aliphatic heterocycles. The third kappa shape index (κ3) is 2.12. The maximum Gasteiger partial charge on any atom is 0.270 e. The topological polar surface area (TPSA) is 57.8 Å². The number of H-pyrrole nitrogens is 1. The fraction of sp³-hybridized carbons (Fsp3) is 0.286. The van der Waals surface area contributed by atoms with Crippen molar-refractivity contribution in [1.29, 1.82) is 0 Å². The van der Waals surface area contributed by atoms with E-state index in [1.165, 1.54) is 24.7 Å². The van der Waals surface area contributed by atoms with Gasteiger partial charge in [0.15, 0.2) is 0 Å². The van der Waals surface area contributed by atoms with Crippen molar-refractivity contribution in [3.8, 4) is 0 Å². The van der Waals surface area contributed by atoms with Gasteiger partial charge < -0.3 is 10.3 Å². The van der Waals surface area contributed by atoms with E-state index in [0.717, 1.165) is 24.8 Å². The van der Waals surface area contributed by atoms with Gasteiger partial charge in [-0.25, -0.2) is 9.37 Å². The van der Waals surface area contributed by atoms with Crippen molar-refractivity contribution in [3.05, 3.63) is 53.9 Å². The van der Waals surface area contributed by atoms with Gasteiger partial charge in [0.25, 0.3) is 5.91 Å². The number of rotatable bonds is 3. The van der Waals surface area contributed by atoms with Gasteiger partial charge in [-0.15, -0.1) is 0 Å². The molecule has 1 amide bonds. The number of imidazole rings is 1. The summed E-state index contributed by atoms with van der Waals surface area (Å²) in [6.07, 6.45) is 5.77. The first-order valence-electron chi connectivity index (χ1n) is 6.27. The van der Waals surface area contributed by atoms with E-state index in [4.69, 9.17) is 0 Å². The maximum absolute atomic E-state index is 13.0. The molecular weight excluding hydrogens is 245 g/mol. The number of hydrogen-bond acceptors (Lipinski definition) is 2. The number of nitrogens with one attached hydrogen (secondary N) is 2. The van der Waals surface area contributed by atoms with Crippen LogP contribution in [0.25, 0.3) is 0 Å². The zero-order valence-corrected chi connectivity index (χ0v) is 10.3. The number of amides is 1. The Morgan fingerprint density at radius 3 is 2.58 bits per heavy atom. The minimum absolute atomic E-state index is 0.179. The zero-order valence-electron chi connectivity index (χ0n) is 10.3. The van der Waals surface area contributed by atoms with Crippen LogP contribution in [0.1, 0.15) is 35.3 Å². The normalized spacial score (nSPS) is 16.7. The summed E-state index contributed by atoms with van der Waals surface area (Å²) in [6.45, 7) is 0. The van der Waals surface area contributed by atoms with Gasteiger partial charge in [0.2, 0.25) is 0 Å². The Labute approximate surface area is 110 Å². The van der Waals surface area contributed by atoms with Crippen LogP contribution in [0.4, 0.5) is 4.39 Å². The average Bonchev–Trinajstić information content (AvgIpc) is 2.89. The summed E-state index contributed by atoms with van der Waals surface area (Å²) in [5, 5.41) is 3.04. The van der Waals surface area contributed by atoms with Gasteiger partial charge in [0, 0.05) is 0 Å². The summed E-state index contributed by atoms with van der Waals surface area (Å²) in [6, 6.07) is 6.33. The molecule has 0 spiro atoms. The smallest absolute Gasteiger partial charge is 0.270 e. The summed E-state index contributed by atoms with van der Waals surface area (Å²) < 4.78 is 13.0. The highest BCUT2D eigenvalue weighted by molar-refractivity contribution is 5.92. The second-order valence-electron chi connectivity index (χ2n) is 4.86. The Hall–Kier alpha value is -2.17. The predicted octanol–water partition coefficient (Wildman–Crippen LogP) is 2.36. The molecule has 1 heterocycles. The summed E-state index contributed by atoms with van der Waals surface area (Å²) in [4.78, 5) is 18.7. The van der Waals surface area contributed by atoms with E-state index in [-0.39, 0.29) is 17.3 Å². The van der Waals surface area contributed by atoms with E-state index in [2.05, 4.69) is 15.3 Å². The molecule has 0 unspecified atom stereocenters. The Morgan fingerprint density at radius 1 is 1.32 bits per heavy atom. The molecule has 1 aromatic carbocycles. The molecule has 19 heavy (non-hydrogen) atoms. The van der Waals surface area contributed by atoms with Gasteiger partial charge in [-0.3, -0.25) is 4.79 Å². The lowest BCUT2D eigenvalue weighted by Crippen LogP contribution is -2.50. The van der Waals surface area contributed by atoms with Crippen LogP contribution in [0.15, 0.2) is 36.8 Å². The molecule has 4 nitrogen and oxygen atoms in total. The fourth-order valence-corrected chi connectivity index (χ4v) is 2.45. The summed E-state index contributed by atoms with van der Waals surface area (Å²) in [7, 11) is 0. The van der Waals surface area contributed by atoms with Crippen molar-refractivity contribution < 1.29 is 9.18 Å². The quantitative estimate of drug-likeness (QED) is 0.889.